The van der Waals surface area contributed by atoms with Crippen LogP contribution in [0.2, 0.25) is 0 Å². The minimum absolute atomic E-state index is 0.0246. The summed E-state index contributed by atoms with van der Waals surface area (Å²) >= 11 is 1.43. The molecule has 1 aliphatic rings. The number of thiophene rings is 1. The van der Waals surface area contributed by atoms with Crippen molar-refractivity contribution in [3.63, 3.8) is 0 Å². The van der Waals surface area contributed by atoms with E-state index in [0.717, 1.165) is 9.75 Å². The zero-order chi connectivity index (χ0) is 9.26. The van der Waals surface area contributed by atoms with Gasteiger partial charge in [-0.1, -0.05) is 5.46 Å². The van der Waals surface area contributed by atoms with Crippen molar-refractivity contribution < 1.29 is 14.6 Å². The Morgan fingerprint density at radius 1 is 1.54 bits per heavy atom. The lowest BCUT2D eigenvalue weighted by molar-refractivity contribution is -0.0413. The number of hydrogen-bond acceptors (Lipinski definition) is 4. The van der Waals surface area contributed by atoms with Crippen LogP contribution in [0.1, 0.15) is 16.0 Å². The molecule has 1 aromatic heterocycles. The summed E-state index contributed by atoms with van der Waals surface area (Å²) in [6, 6.07) is 1.80. The third kappa shape index (κ3) is 1.78. The summed E-state index contributed by atoms with van der Waals surface area (Å²) in [5.41, 5.74) is 0.613. The van der Waals surface area contributed by atoms with Gasteiger partial charge in [0.05, 0.1) is 24.7 Å². The van der Waals surface area contributed by atoms with Gasteiger partial charge in [0.1, 0.15) is 7.85 Å². The van der Waals surface area contributed by atoms with Gasteiger partial charge in [-0.3, -0.25) is 0 Å². The number of rotatable bonds is 2. The van der Waals surface area contributed by atoms with Crippen molar-refractivity contribution in [3.8, 4) is 0 Å². The van der Waals surface area contributed by atoms with E-state index in [1.807, 2.05) is 0 Å². The number of hydrogen-bond donors (Lipinski definition) is 1. The third-order valence-corrected chi connectivity index (χ3v) is 3.02. The average molecular weight is 196 g/mol. The maximum Gasteiger partial charge on any atom is 0.193 e. The van der Waals surface area contributed by atoms with Crippen molar-refractivity contribution in [3.05, 3.63) is 15.8 Å². The Balaban J connectivity index is 2.20. The van der Waals surface area contributed by atoms with Crippen molar-refractivity contribution in [2.45, 2.75) is 12.9 Å². The molecule has 1 saturated heterocycles. The molecule has 1 fully saturated rings. The van der Waals surface area contributed by atoms with Gasteiger partial charge in [0.15, 0.2) is 6.29 Å². The Morgan fingerprint density at radius 3 is 2.77 bits per heavy atom. The van der Waals surface area contributed by atoms with E-state index in [9.17, 15) is 0 Å². The second-order valence-electron chi connectivity index (χ2n) is 2.76. The molecule has 2 radical (unpaired) electrons. The van der Waals surface area contributed by atoms with Crippen molar-refractivity contribution in [1.82, 2.24) is 0 Å². The lowest BCUT2D eigenvalue weighted by Crippen LogP contribution is -2.04. The minimum atomic E-state index is -0.285. The third-order valence-electron chi connectivity index (χ3n) is 1.86. The van der Waals surface area contributed by atoms with Crippen LogP contribution in [0.5, 0.6) is 0 Å². The van der Waals surface area contributed by atoms with Gasteiger partial charge in [0.2, 0.25) is 0 Å². The van der Waals surface area contributed by atoms with Crippen LogP contribution in [-0.2, 0) is 16.1 Å². The molecular weight excluding hydrogens is 187 g/mol. The van der Waals surface area contributed by atoms with Gasteiger partial charge in [-0.25, -0.2) is 0 Å². The molecule has 0 amide bonds. The molecule has 2 rings (SSSR count). The van der Waals surface area contributed by atoms with Gasteiger partial charge in [0.25, 0.3) is 0 Å². The molecule has 0 bridgehead atoms. The maximum atomic E-state index is 8.92. The van der Waals surface area contributed by atoms with E-state index in [1.54, 1.807) is 6.07 Å². The van der Waals surface area contributed by atoms with E-state index in [2.05, 4.69) is 0 Å². The Morgan fingerprint density at radius 2 is 2.23 bits per heavy atom. The quantitative estimate of drug-likeness (QED) is 0.680. The number of ether oxygens (including phenoxy) is 2. The van der Waals surface area contributed by atoms with Gasteiger partial charge in [-0.05, 0) is 6.07 Å². The first-order chi connectivity index (χ1) is 6.31. The number of aliphatic hydroxyl groups excluding tert-OH is 1. The Bertz CT molecular complexity index is 294. The van der Waals surface area contributed by atoms with Gasteiger partial charge >= 0.3 is 0 Å². The Kier molecular flexibility index (Phi) is 2.69. The smallest absolute Gasteiger partial charge is 0.193 e. The summed E-state index contributed by atoms with van der Waals surface area (Å²) in [6.45, 7) is 1.22. The van der Waals surface area contributed by atoms with Crippen LogP contribution >= 0.6 is 11.3 Å². The first kappa shape index (κ1) is 9.21. The molecule has 0 aliphatic carbocycles. The van der Waals surface area contributed by atoms with Crippen LogP contribution in [0.4, 0.5) is 0 Å². The van der Waals surface area contributed by atoms with Crippen molar-refractivity contribution in [1.29, 1.82) is 0 Å². The van der Waals surface area contributed by atoms with Crippen LogP contribution in [0.15, 0.2) is 6.07 Å². The first-order valence-corrected chi connectivity index (χ1v) is 4.85. The van der Waals surface area contributed by atoms with Crippen LogP contribution in [0, 0.1) is 0 Å². The molecule has 0 spiro atoms. The van der Waals surface area contributed by atoms with Gasteiger partial charge in [-0.2, -0.15) is 0 Å². The van der Waals surface area contributed by atoms with Crippen molar-refractivity contribution in [2.24, 2.45) is 0 Å². The van der Waals surface area contributed by atoms with E-state index in [4.69, 9.17) is 22.4 Å². The monoisotopic (exact) mass is 196 g/mol. The summed E-state index contributed by atoms with van der Waals surface area (Å²) in [4.78, 5) is 1.70. The maximum absolute atomic E-state index is 8.92. The minimum Gasteiger partial charge on any atom is -0.391 e. The van der Waals surface area contributed by atoms with Crippen molar-refractivity contribution >= 4 is 24.6 Å². The zero-order valence-electron chi connectivity index (χ0n) is 7.03. The fourth-order valence-electron chi connectivity index (χ4n) is 1.23. The van der Waals surface area contributed by atoms with Crippen LogP contribution in [-0.4, -0.2) is 26.2 Å². The Labute approximate surface area is 81.7 Å². The average Bonchev–Trinajstić information content (AvgIpc) is 2.71. The van der Waals surface area contributed by atoms with E-state index in [-0.39, 0.29) is 12.9 Å². The van der Waals surface area contributed by atoms with E-state index in [0.29, 0.717) is 18.7 Å². The summed E-state index contributed by atoms with van der Waals surface area (Å²) < 4.78 is 10.6. The summed E-state index contributed by atoms with van der Waals surface area (Å²) in [5.74, 6) is 0. The number of aliphatic hydroxyl groups is 1. The largest absolute Gasteiger partial charge is 0.391 e. The second kappa shape index (κ2) is 3.80. The molecule has 1 aliphatic heterocycles. The summed E-state index contributed by atoms with van der Waals surface area (Å²) in [5, 5.41) is 8.92. The predicted molar refractivity (Wildman–Crippen MR) is 50.3 cm³/mol. The SMILES string of the molecule is [B]c1cc(C2OCCO2)sc1CO. The highest BCUT2D eigenvalue weighted by Crippen LogP contribution is 2.28. The fraction of sp³-hybridized carbons (Fsp3) is 0.500. The molecule has 2 heterocycles. The topological polar surface area (TPSA) is 38.7 Å². The molecule has 0 unspecified atom stereocenters. The van der Waals surface area contributed by atoms with E-state index >= 15 is 0 Å². The first-order valence-electron chi connectivity index (χ1n) is 4.03. The molecule has 0 atom stereocenters. The lowest BCUT2D eigenvalue weighted by atomic mass is 9.97. The van der Waals surface area contributed by atoms with E-state index < -0.39 is 0 Å². The summed E-state index contributed by atoms with van der Waals surface area (Å²) in [6.07, 6.45) is -0.285. The zero-order valence-corrected chi connectivity index (χ0v) is 7.84. The molecule has 1 aromatic rings. The van der Waals surface area contributed by atoms with Crippen LogP contribution < -0.4 is 5.46 Å². The normalized spacial score (nSPS) is 18.2. The molecule has 0 aromatic carbocycles. The van der Waals surface area contributed by atoms with Gasteiger partial charge in [-0.15, -0.1) is 11.3 Å². The predicted octanol–water partition coefficient (Wildman–Crippen LogP) is 0.0796. The highest BCUT2D eigenvalue weighted by atomic mass is 32.1. The van der Waals surface area contributed by atoms with E-state index in [1.165, 1.54) is 11.3 Å². The molecule has 0 saturated carbocycles. The second-order valence-corrected chi connectivity index (χ2v) is 3.93. The fourth-order valence-corrected chi connectivity index (χ4v) is 2.17. The molecule has 68 valence electrons. The summed E-state index contributed by atoms with van der Waals surface area (Å²) in [7, 11) is 5.66. The standard InChI is InChI=1S/C8H9BO3S/c9-5-3-6(13-7(5)4-10)8-11-1-2-12-8/h3,8,10H,1-2,4H2. The van der Waals surface area contributed by atoms with Crippen LogP contribution in [0.25, 0.3) is 0 Å². The van der Waals surface area contributed by atoms with Gasteiger partial charge in [0, 0.05) is 4.88 Å². The van der Waals surface area contributed by atoms with Crippen LogP contribution in [0.3, 0.4) is 0 Å². The molecule has 3 nitrogen and oxygen atoms in total. The van der Waals surface area contributed by atoms with Gasteiger partial charge < -0.3 is 14.6 Å². The lowest BCUT2D eigenvalue weighted by Gasteiger charge is -2.04. The highest BCUT2D eigenvalue weighted by Gasteiger charge is 2.20. The molecule has 1 N–H and O–H groups in total. The highest BCUT2D eigenvalue weighted by molar-refractivity contribution is 7.13. The van der Waals surface area contributed by atoms with Crippen molar-refractivity contribution in [2.75, 3.05) is 13.2 Å². The molecule has 13 heavy (non-hydrogen) atoms. The Hall–Kier alpha value is -0.355. The molecular formula is C8H9BO3S. The molecule has 5 heteroatoms.